The molecule has 0 aliphatic carbocycles. The summed E-state index contributed by atoms with van der Waals surface area (Å²) in [5.74, 6) is -0.395. The SMILES string of the molecule is CCCNC(=O)CN(C)S(=O)(=O)c1c[nH]c(=O)c(Cl)c1. The first kappa shape index (κ1) is 16.7. The number of aromatic nitrogens is 1. The van der Waals surface area contributed by atoms with Crippen molar-refractivity contribution in [2.75, 3.05) is 20.1 Å². The molecule has 0 saturated carbocycles. The van der Waals surface area contributed by atoms with E-state index >= 15 is 0 Å². The van der Waals surface area contributed by atoms with E-state index in [4.69, 9.17) is 11.6 Å². The molecule has 1 amide bonds. The summed E-state index contributed by atoms with van der Waals surface area (Å²) in [7, 11) is -2.60. The van der Waals surface area contributed by atoms with Crippen molar-refractivity contribution in [2.24, 2.45) is 0 Å². The molecular weight excluding hydrogens is 306 g/mol. The third-order valence-electron chi connectivity index (χ3n) is 2.48. The molecule has 0 saturated heterocycles. The zero-order valence-electron chi connectivity index (χ0n) is 11.1. The number of hydrogen-bond donors (Lipinski definition) is 2. The topological polar surface area (TPSA) is 99.3 Å². The van der Waals surface area contributed by atoms with E-state index in [-0.39, 0.29) is 16.5 Å². The number of nitrogens with one attached hydrogen (secondary N) is 2. The van der Waals surface area contributed by atoms with Gasteiger partial charge >= 0.3 is 0 Å². The summed E-state index contributed by atoms with van der Waals surface area (Å²) < 4.78 is 25.2. The highest BCUT2D eigenvalue weighted by Gasteiger charge is 2.23. The van der Waals surface area contributed by atoms with Crippen LogP contribution in [0.15, 0.2) is 22.0 Å². The molecule has 0 aliphatic rings. The molecule has 1 heterocycles. The van der Waals surface area contributed by atoms with Gasteiger partial charge < -0.3 is 10.3 Å². The lowest BCUT2D eigenvalue weighted by molar-refractivity contribution is -0.121. The minimum Gasteiger partial charge on any atom is -0.355 e. The number of hydrogen-bond acceptors (Lipinski definition) is 4. The maximum atomic E-state index is 12.2. The maximum absolute atomic E-state index is 12.2. The highest BCUT2D eigenvalue weighted by atomic mass is 35.5. The molecule has 0 unspecified atom stereocenters. The Morgan fingerprint density at radius 3 is 2.70 bits per heavy atom. The minimum absolute atomic E-state index is 0.173. The lowest BCUT2D eigenvalue weighted by Crippen LogP contribution is -2.38. The van der Waals surface area contributed by atoms with Crippen LogP contribution in [0.1, 0.15) is 13.3 Å². The van der Waals surface area contributed by atoms with E-state index < -0.39 is 21.5 Å². The number of amides is 1. The van der Waals surface area contributed by atoms with Gasteiger partial charge in [-0.05, 0) is 12.5 Å². The van der Waals surface area contributed by atoms with Gasteiger partial charge in [-0.2, -0.15) is 4.31 Å². The van der Waals surface area contributed by atoms with Crippen molar-refractivity contribution in [2.45, 2.75) is 18.2 Å². The molecule has 0 aromatic carbocycles. The van der Waals surface area contributed by atoms with Crippen LogP contribution in [0.5, 0.6) is 0 Å². The molecule has 0 atom stereocenters. The van der Waals surface area contributed by atoms with Crippen LogP contribution in [0, 0.1) is 0 Å². The number of carbonyl (C=O) groups excluding carboxylic acids is 1. The van der Waals surface area contributed by atoms with E-state index in [1.807, 2.05) is 6.92 Å². The quantitative estimate of drug-likeness (QED) is 0.780. The summed E-state index contributed by atoms with van der Waals surface area (Å²) >= 11 is 5.59. The Balaban J connectivity index is 2.89. The van der Waals surface area contributed by atoms with Crippen molar-refractivity contribution in [3.8, 4) is 0 Å². The molecule has 7 nitrogen and oxygen atoms in total. The minimum atomic E-state index is -3.88. The van der Waals surface area contributed by atoms with E-state index in [0.29, 0.717) is 6.54 Å². The summed E-state index contributed by atoms with van der Waals surface area (Å²) in [5, 5.41) is 2.35. The number of sulfonamides is 1. The first-order chi connectivity index (χ1) is 9.28. The van der Waals surface area contributed by atoms with Crippen molar-refractivity contribution in [1.29, 1.82) is 0 Å². The number of aromatic amines is 1. The van der Waals surface area contributed by atoms with Gasteiger partial charge in [0.1, 0.15) is 5.02 Å². The highest BCUT2D eigenvalue weighted by molar-refractivity contribution is 7.89. The highest BCUT2D eigenvalue weighted by Crippen LogP contribution is 2.14. The van der Waals surface area contributed by atoms with Crippen molar-refractivity contribution in [3.05, 3.63) is 27.6 Å². The van der Waals surface area contributed by atoms with Crippen molar-refractivity contribution in [3.63, 3.8) is 0 Å². The molecule has 0 fully saturated rings. The first-order valence-electron chi connectivity index (χ1n) is 5.90. The van der Waals surface area contributed by atoms with E-state index in [9.17, 15) is 18.0 Å². The van der Waals surface area contributed by atoms with E-state index in [0.717, 1.165) is 23.0 Å². The Hall–Kier alpha value is -1.38. The summed E-state index contributed by atoms with van der Waals surface area (Å²) in [6.07, 6.45) is 1.81. The zero-order chi connectivity index (χ0) is 15.3. The smallest absolute Gasteiger partial charge is 0.266 e. The van der Waals surface area contributed by atoms with Gasteiger partial charge in [0.05, 0.1) is 11.4 Å². The van der Waals surface area contributed by atoms with Crippen LogP contribution in [0.25, 0.3) is 0 Å². The van der Waals surface area contributed by atoms with Crippen LogP contribution in [-0.4, -0.2) is 43.8 Å². The fraction of sp³-hybridized carbons (Fsp3) is 0.455. The van der Waals surface area contributed by atoms with Crippen LogP contribution in [-0.2, 0) is 14.8 Å². The van der Waals surface area contributed by atoms with Crippen molar-refractivity contribution in [1.82, 2.24) is 14.6 Å². The lowest BCUT2D eigenvalue weighted by atomic mass is 10.4. The maximum Gasteiger partial charge on any atom is 0.266 e. The Labute approximate surface area is 122 Å². The molecule has 1 aromatic heterocycles. The van der Waals surface area contributed by atoms with E-state index in [1.165, 1.54) is 7.05 Å². The summed E-state index contributed by atoms with van der Waals surface area (Å²) in [5.41, 5.74) is -0.575. The second kappa shape index (κ2) is 6.87. The predicted molar refractivity (Wildman–Crippen MR) is 75.2 cm³/mol. The third kappa shape index (κ3) is 4.06. The molecule has 0 bridgehead atoms. The molecule has 0 spiro atoms. The second-order valence-electron chi connectivity index (χ2n) is 4.12. The molecule has 9 heteroatoms. The lowest BCUT2D eigenvalue weighted by Gasteiger charge is -2.16. The van der Waals surface area contributed by atoms with Gasteiger partial charge in [0, 0.05) is 19.8 Å². The van der Waals surface area contributed by atoms with Crippen LogP contribution in [0.2, 0.25) is 5.02 Å². The number of pyridine rings is 1. The predicted octanol–water partition coefficient (Wildman–Crippen LogP) is 0.175. The monoisotopic (exact) mass is 321 g/mol. The average molecular weight is 322 g/mol. The van der Waals surface area contributed by atoms with Gasteiger partial charge in [0.25, 0.3) is 5.56 Å². The van der Waals surface area contributed by atoms with Crippen LogP contribution < -0.4 is 10.9 Å². The van der Waals surface area contributed by atoms with Crippen LogP contribution in [0.4, 0.5) is 0 Å². The molecule has 112 valence electrons. The number of likely N-dealkylation sites (N-methyl/N-ethyl adjacent to an activating group) is 1. The average Bonchev–Trinajstić information content (AvgIpc) is 2.39. The largest absolute Gasteiger partial charge is 0.355 e. The fourth-order valence-electron chi connectivity index (χ4n) is 1.37. The summed E-state index contributed by atoms with van der Waals surface area (Å²) in [6.45, 7) is 2.07. The fourth-order valence-corrected chi connectivity index (χ4v) is 2.73. The number of rotatable bonds is 6. The van der Waals surface area contributed by atoms with Crippen LogP contribution in [0.3, 0.4) is 0 Å². The molecule has 1 aromatic rings. The molecule has 0 radical (unpaired) electrons. The Morgan fingerprint density at radius 1 is 1.50 bits per heavy atom. The standard InChI is InChI=1S/C11H16ClN3O4S/c1-3-4-13-10(16)7-15(2)20(18,19)8-5-9(12)11(17)14-6-8/h5-6H,3-4,7H2,1-2H3,(H,13,16)(H,14,17). The van der Waals surface area contributed by atoms with Gasteiger partial charge in [-0.15, -0.1) is 0 Å². The number of H-pyrrole nitrogens is 1. The summed E-state index contributed by atoms with van der Waals surface area (Å²) in [6, 6.07) is 1.05. The number of carbonyl (C=O) groups is 1. The van der Waals surface area contributed by atoms with E-state index in [2.05, 4.69) is 10.3 Å². The molecule has 2 N–H and O–H groups in total. The first-order valence-corrected chi connectivity index (χ1v) is 7.72. The molecule has 0 aliphatic heterocycles. The van der Waals surface area contributed by atoms with Crippen molar-refractivity contribution >= 4 is 27.5 Å². The van der Waals surface area contributed by atoms with E-state index in [1.54, 1.807) is 0 Å². The van der Waals surface area contributed by atoms with Gasteiger partial charge in [0.2, 0.25) is 15.9 Å². The summed E-state index contributed by atoms with van der Waals surface area (Å²) in [4.78, 5) is 24.7. The third-order valence-corrected chi connectivity index (χ3v) is 4.54. The molecule has 1 rings (SSSR count). The van der Waals surface area contributed by atoms with Gasteiger partial charge in [-0.1, -0.05) is 18.5 Å². The van der Waals surface area contributed by atoms with Crippen LogP contribution >= 0.6 is 11.6 Å². The number of halogens is 1. The normalized spacial score (nSPS) is 11.6. The Morgan fingerprint density at radius 2 is 2.15 bits per heavy atom. The van der Waals surface area contributed by atoms with Gasteiger partial charge in [0.15, 0.2) is 0 Å². The van der Waals surface area contributed by atoms with Gasteiger partial charge in [-0.25, -0.2) is 8.42 Å². The Kier molecular flexibility index (Phi) is 5.73. The molecular formula is C11H16ClN3O4S. The molecule has 20 heavy (non-hydrogen) atoms. The van der Waals surface area contributed by atoms with Crippen molar-refractivity contribution < 1.29 is 13.2 Å². The zero-order valence-corrected chi connectivity index (χ0v) is 12.7. The second-order valence-corrected chi connectivity index (χ2v) is 6.58. The number of nitrogens with zero attached hydrogens (tertiary/aromatic N) is 1. The van der Waals surface area contributed by atoms with Gasteiger partial charge in [-0.3, -0.25) is 9.59 Å². The Bertz CT molecular complexity index is 641.